The van der Waals surface area contributed by atoms with E-state index in [0.29, 0.717) is 11.3 Å². The Morgan fingerprint density at radius 3 is 2.35 bits per heavy atom. The highest BCUT2D eigenvalue weighted by Crippen LogP contribution is 2.23. The molecule has 0 saturated heterocycles. The molecule has 3 rings (SSSR count). The Hall–Kier alpha value is -3.08. The Morgan fingerprint density at radius 1 is 1.04 bits per heavy atom. The third-order valence-electron chi connectivity index (χ3n) is 4.32. The zero-order valence-electron chi connectivity index (χ0n) is 15.4. The molecule has 0 spiro atoms. The second-order valence-corrected chi connectivity index (χ2v) is 6.39. The molecule has 3 aromatic rings. The number of aryl methyl sites for hydroxylation is 4. The van der Waals surface area contributed by atoms with Crippen molar-refractivity contribution >= 4 is 11.6 Å². The molecule has 1 N–H and O–H groups in total. The lowest BCUT2D eigenvalue weighted by molar-refractivity contribution is 0.101. The maximum atomic E-state index is 12.7. The maximum Gasteiger partial charge on any atom is 0.278 e. The Morgan fingerprint density at radius 2 is 1.69 bits per heavy atom. The Labute approximate surface area is 153 Å². The summed E-state index contributed by atoms with van der Waals surface area (Å²) in [4.78, 5) is 12.7. The molecule has 1 aromatic heterocycles. The van der Waals surface area contributed by atoms with Gasteiger partial charge in [0.2, 0.25) is 0 Å². The van der Waals surface area contributed by atoms with Crippen LogP contribution in [0, 0.1) is 27.7 Å². The van der Waals surface area contributed by atoms with Gasteiger partial charge in [0.05, 0.1) is 5.56 Å². The van der Waals surface area contributed by atoms with Crippen molar-refractivity contribution in [1.29, 1.82) is 0 Å². The molecule has 2 aromatic carbocycles. The van der Waals surface area contributed by atoms with Gasteiger partial charge in [-0.15, -0.1) is 0 Å². The van der Waals surface area contributed by atoms with Crippen LogP contribution in [0.15, 0.2) is 47.0 Å². The first kappa shape index (κ1) is 17.7. The lowest BCUT2D eigenvalue weighted by atomic mass is 10.1. The van der Waals surface area contributed by atoms with Crippen molar-refractivity contribution in [3.63, 3.8) is 0 Å². The minimum Gasteiger partial charge on any atom is -0.489 e. The molecule has 0 unspecified atom stereocenters. The summed E-state index contributed by atoms with van der Waals surface area (Å²) in [5.74, 6) is 1.00. The van der Waals surface area contributed by atoms with Crippen molar-refractivity contribution in [2.24, 2.45) is 0 Å². The number of amides is 1. The SMILES string of the molecule is Cc1ccc(OCc2c(C(=O)Nc3c(C)cccc3C)noc2C)cc1. The molecule has 1 amide bonds. The molecule has 134 valence electrons. The number of carbonyl (C=O) groups excluding carboxylic acids is 1. The number of ether oxygens (including phenoxy) is 1. The van der Waals surface area contributed by atoms with Crippen LogP contribution < -0.4 is 10.1 Å². The number of aromatic nitrogens is 1. The van der Waals surface area contributed by atoms with E-state index in [-0.39, 0.29) is 18.2 Å². The van der Waals surface area contributed by atoms with Gasteiger partial charge in [-0.3, -0.25) is 4.79 Å². The Balaban J connectivity index is 1.78. The third-order valence-corrected chi connectivity index (χ3v) is 4.32. The van der Waals surface area contributed by atoms with Gasteiger partial charge in [0, 0.05) is 5.69 Å². The highest BCUT2D eigenvalue weighted by atomic mass is 16.5. The first-order chi connectivity index (χ1) is 12.5. The Kier molecular flexibility index (Phi) is 5.07. The van der Waals surface area contributed by atoms with E-state index in [0.717, 1.165) is 28.1 Å². The molecule has 5 heteroatoms. The minimum atomic E-state index is -0.304. The first-order valence-corrected chi connectivity index (χ1v) is 8.48. The molecule has 1 heterocycles. The van der Waals surface area contributed by atoms with Gasteiger partial charge in [-0.05, 0) is 51.0 Å². The third kappa shape index (κ3) is 3.77. The molecular formula is C21H22N2O3. The highest BCUT2D eigenvalue weighted by Gasteiger charge is 2.21. The molecule has 0 aliphatic heterocycles. The predicted octanol–water partition coefficient (Wildman–Crippen LogP) is 4.74. The van der Waals surface area contributed by atoms with E-state index in [4.69, 9.17) is 9.26 Å². The van der Waals surface area contributed by atoms with E-state index in [1.807, 2.05) is 63.2 Å². The fraction of sp³-hybridized carbons (Fsp3) is 0.238. The summed E-state index contributed by atoms with van der Waals surface area (Å²) in [6.45, 7) is 7.92. The summed E-state index contributed by atoms with van der Waals surface area (Å²) < 4.78 is 11.0. The summed E-state index contributed by atoms with van der Waals surface area (Å²) in [5.41, 5.74) is 4.84. The molecule has 0 bridgehead atoms. The molecular weight excluding hydrogens is 328 g/mol. The normalized spacial score (nSPS) is 10.6. The van der Waals surface area contributed by atoms with Gasteiger partial charge in [0.1, 0.15) is 18.1 Å². The zero-order chi connectivity index (χ0) is 18.7. The molecule has 26 heavy (non-hydrogen) atoms. The van der Waals surface area contributed by atoms with Crippen molar-refractivity contribution in [3.8, 4) is 5.75 Å². The fourth-order valence-corrected chi connectivity index (χ4v) is 2.71. The standard InChI is InChI=1S/C21H22N2O3/c1-13-8-10-17(11-9-13)25-12-18-16(4)26-23-20(18)21(24)22-19-14(2)6-5-7-15(19)3/h5-11H,12H2,1-4H3,(H,22,24). The first-order valence-electron chi connectivity index (χ1n) is 8.48. The number of nitrogens with one attached hydrogen (secondary N) is 1. The highest BCUT2D eigenvalue weighted by molar-refractivity contribution is 6.04. The van der Waals surface area contributed by atoms with Crippen LogP contribution in [0.2, 0.25) is 0 Å². The molecule has 0 fully saturated rings. The van der Waals surface area contributed by atoms with Gasteiger partial charge in [-0.2, -0.15) is 0 Å². The predicted molar refractivity (Wildman–Crippen MR) is 101 cm³/mol. The van der Waals surface area contributed by atoms with Crippen LogP contribution in [0.3, 0.4) is 0 Å². The molecule has 0 atom stereocenters. The number of para-hydroxylation sites is 1. The van der Waals surface area contributed by atoms with Crippen LogP contribution in [0.1, 0.15) is 38.5 Å². The second kappa shape index (κ2) is 7.44. The fourth-order valence-electron chi connectivity index (χ4n) is 2.71. The van der Waals surface area contributed by atoms with E-state index in [1.165, 1.54) is 0 Å². The van der Waals surface area contributed by atoms with Crippen molar-refractivity contribution in [2.45, 2.75) is 34.3 Å². The minimum absolute atomic E-state index is 0.216. The van der Waals surface area contributed by atoms with Crippen molar-refractivity contribution in [3.05, 3.63) is 76.2 Å². The number of nitrogens with zero attached hydrogens (tertiary/aromatic N) is 1. The van der Waals surface area contributed by atoms with E-state index in [1.54, 1.807) is 6.92 Å². The van der Waals surface area contributed by atoms with E-state index < -0.39 is 0 Å². The number of anilines is 1. The van der Waals surface area contributed by atoms with E-state index >= 15 is 0 Å². The van der Waals surface area contributed by atoms with Crippen LogP contribution in [-0.2, 0) is 6.61 Å². The van der Waals surface area contributed by atoms with Gasteiger partial charge in [0.15, 0.2) is 5.69 Å². The molecule has 0 saturated carbocycles. The number of carbonyl (C=O) groups is 1. The quantitative estimate of drug-likeness (QED) is 0.722. The van der Waals surface area contributed by atoms with E-state index in [2.05, 4.69) is 10.5 Å². The number of benzene rings is 2. The Bertz CT molecular complexity index is 907. The number of hydrogen-bond donors (Lipinski definition) is 1. The van der Waals surface area contributed by atoms with Crippen LogP contribution >= 0.6 is 0 Å². The average molecular weight is 350 g/mol. The van der Waals surface area contributed by atoms with Crippen LogP contribution in [0.25, 0.3) is 0 Å². The van der Waals surface area contributed by atoms with Crippen molar-refractivity contribution in [1.82, 2.24) is 5.16 Å². The van der Waals surface area contributed by atoms with Crippen molar-refractivity contribution in [2.75, 3.05) is 5.32 Å². The summed E-state index contributed by atoms with van der Waals surface area (Å²) >= 11 is 0. The average Bonchev–Trinajstić information content (AvgIpc) is 2.98. The summed E-state index contributed by atoms with van der Waals surface area (Å²) in [6.07, 6.45) is 0. The van der Waals surface area contributed by atoms with Crippen LogP contribution in [0.4, 0.5) is 5.69 Å². The molecule has 0 aliphatic carbocycles. The van der Waals surface area contributed by atoms with Gasteiger partial charge >= 0.3 is 0 Å². The van der Waals surface area contributed by atoms with Crippen molar-refractivity contribution < 1.29 is 14.1 Å². The summed E-state index contributed by atoms with van der Waals surface area (Å²) in [6, 6.07) is 13.6. The van der Waals surface area contributed by atoms with Gasteiger partial charge in [0.25, 0.3) is 5.91 Å². The van der Waals surface area contributed by atoms with Crippen LogP contribution in [0.5, 0.6) is 5.75 Å². The van der Waals surface area contributed by atoms with Gasteiger partial charge in [-0.1, -0.05) is 41.1 Å². The lowest BCUT2D eigenvalue weighted by Gasteiger charge is -2.11. The van der Waals surface area contributed by atoms with Gasteiger partial charge < -0.3 is 14.6 Å². The maximum absolute atomic E-state index is 12.7. The molecule has 0 aliphatic rings. The largest absolute Gasteiger partial charge is 0.489 e. The summed E-state index contributed by atoms with van der Waals surface area (Å²) in [5, 5.41) is 6.87. The monoisotopic (exact) mass is 350 g/mol. The van der Waals surface area contributed by atoms with E-state index in [9.17, 15) is 4.79 Å². The zero-order valence-corrected chi connectivity index (χ0v) is 15.4. The molecule has 0 radical (unpaired) electrons. The molecule has 5 nitrogen and oxygen atoms in total. The number of hydrogen-bond acceptors (Lipinski definition) is 4. The van der Waals surface area contributed by atoms with Crippen LogP contribution in [-0.4, -0.2) is 11.1 Å². The second-order valence-electron chi connectivity index (χ2n) is 6.39. The lowest BCUT2D eigenvalue weighted by Crippen LogP contribution is -2.16. The summed E-state index contributed by atoms with van der Waals surface area (Å²) in [7, 11) is 0. The smallest absolute Gasteiger partial charge is 0.278 e. The number of rotatable bonds is 5. The van der Waals surface area contributed by atoms with Gasteiger partial charge in [-0.25, -0.2) is 0 Å². The topological polar surface area (TPSA) is 64.4 Å².